The quantitative estimate of drug-likeness (QED) is 0.306. The minimum Gasteiger partial charge on any atom is -0.449 e. The van der Waals surface area contributed by atoms with Crippen LogP contribution in [0.2, 0.25) is 0 Å². The summed E-state index contributed by atoms with van der Waals surface area (Å²) in [5.74, 6) is -0.213. The van der Waals surface area contributed by atoms with Crippen molar-refractivity contribution in [1.29, 1.82) is 0 Å². The van der Waals surface area contributed by atoms with Gasteiger partial charge in [0.1, 0.15) is 0 Å². The number of rotatable bonds is 6. The first-order valence-corrected chi connectivity index (χ1v) is 9.78. The summed E-state index contributed by atoms with van der Waals surface area (Å²) in [5.41, 5.74) is 1.13. The fourth-order valence-electron chi connectivity index (χ4n) is 1.93. The van der Waals surface area contributed by atoms with Crippen LogP contribution in [-0.4, -0.2) is 31.1 Å². The second-order valence-electron chi connectivity index (χ2n) is 5.68. The van der Waals surface area contributed by atoms with E-state index in [-0.39, 0.29) is 5.88 Å². The van der Waals surface area contributed by atoms with Gasteiger partial charge in [-0.05, 0) is 19.1 Å². The van der Waals surface area contributed by atoms with E-state index in [0.29, 0.717) is 21.7 Å². The van der Waals surface area contributed by atoms with Crippen molar-refractivity contribution in [3.8, 4) is 5.88 Å². The zero-order valence-electron chi connectivity index (χ0n) is 14.4. The van der Waals surface area contributed by atoms with Gasteiger partial charge in [-0.15, -0.1) is 0 Å². The topological polar surface area (TPSA) is 64.1 Å². The molecular formula is C17H18Cl3N3O2S. The fourth-order valence-corrected chi connectivity index (χ4v) is 2.99. The third-order valence-electron chi connectivity index (χ3n) is 2.99. The Morgan fingerprint density at radius 2 is 1.85 bits per heavy atom. The zero-order valence-corrected chi connectivity index (χ0v) is 17.5. The first kappa shape index (κ1) is 21.1. The molecule has 0 bridgehead atoms. The van der Waals surface area contributed by atoms with Gasteiger partial charge in [0, 0.05) is 22.6 Å². The van der Waals surface area contributed by atoms with Gasteiger partial charge in [-0.1, -0.05) is 78.6 Å². The molecular weight excluding hydrogens is 417 g/mol. The second kappa shape index (κ2) is 9.13. The van der Waals surface area contributed by atoms with E-state index in [2.05, 4.69) is 15.3 Å². The highest BCUT2D eigenvalue weighted by Gasteiger charge is 2.37. The fraction of sp³-hybridized carbons (Fsp3) is 0.353. The molecule has 0 radical (unpaired) electrons. The lowest BCUT2D eigenvalue weighted by molar-refractivity contribution is 0.0824. The molecule has 0 saturated heterocycles. The van der Waals surface area contributed by atoms with E-state index in [1.807, 2.05) is 20.8 Å². The highest BCUT2D eigenvalue weighted by atomic mass is 35.6. The molecule has 1 atom stereocenters. The van der Waals surface area contributed by atoms with Crippen molar-refractivity contribution in [2.24, 2.45) is 0 Å². The Labute approximate surface area is 171 Å². The number of ether oxygens (including phenoxy) is 1. The van der Waals surface area contributed by atoms with Gasteiger partial charge in [0.2, 0.25) is 15.9 Å². The Morgan fingerprint density at radius 1 is 1.19 bits per heavy atom. The summed E-state index contributed by atoms with van der Waals surface area (Å²) in [6.45, 7) is 5.87. The zero-order chi connectivity index (χ0) is 19.3. The van der Waals surface area contributed by atoms with E-state index in [4.69, 9.17) is 39.5 Å². The SMILES string of the molecule is Cc1cc(OC(NC(=O)c2ccccc2)C(Cl)(Cl)Cl)nc(SC(C)C)n1. The standard InChI is InChI=1S/C17H18Cl3N3O2S/c1-10(2)26-16-21-11(3)9-13(22-16)25-15(17(18,19)20)23-14(24)12-7-5-4-6-8-12/h4-10,15H,1-3H3,(H,23,24). The van der Waals surface area contributed by atoms with E-state index in [1.54, 1.807) is 36.4 Å². The number of amides is 1. The number of benzene rings is 1. The van der Waals surface area contributed by atoms with Crippen LogP contribution in [0.3, 0.4) is 0 Å². The Morgan fingerprint density at radius 3 is 2.42 bits per heavy atom. The maximum Gasteiger partial charge on any atom is 0.254 e. The van der Waals surface area contributed by atoms with Crippen LogP contribution in [0.5, 0.6) is 5.88 Å². The van der Waals surface area contributed by atoms with Gasteiger partial charge < -0.3 is 10.1 Å². The van der Waals surface area contributed by atoms with Crippen molar-refractivity contribution in [2.45, 2.75) is 41.2 Å². The number of hydrogen-bond donors (Lipinski definition) is 1. The number of aromatic nitrogens is 2. The third-order valence-corrected chi connectivity index (χ3v) is 4.44. The largest absolute Gasteiger partial charge is 0.449 e. The number of carbonyl (C=O) groups excluding carboxylic acids is 1. The van der Waals surface area contributed by atoms with Gasteiger partial charge in [-0.25, -0.2) is 4.98 Å². The average Bonchev–Trinajstić information content (AvgIpc) is 2.53. The summed E-state index contributed by atoms with van der Waals surface area (Å²) in [6, 6.07) is 10.2. The molecule has 1 aromatic heterocycles. The van der Waals surface area contributed by atoms with Crippen molar-refractivity contribution in [2.75, 3.05) is 0 Å². The molecule has 0 aliphatic heterocycles. The van der Waals surface area contributed by atoms with Gasteiger partial charge >= 0.3 is 0 Å². The van der Waals surface area contributed by atoms with Crippen LogP contribution in [0.25, 0.3) is 0 Å². The number of thioether (sulfide) groups is 1. The first-order valence-electron chi connectivity index (χ1n) is 7.77. The van der Waals surface area contributed by atoms with E-state index in [9.17, 15) is 4.79 Å². The molecule has 2 aromatic rings. The predicted molar refractivity (Wildman–Crippen MR) is 106 cm³/mol. The number of nitrogens with zero attached hydrogens (tertiary/aromatic N) is 2. The van der Waals surface area contributed by atoms with E-state index in [0.717, 1.165) is 0 Å². The molecule has 0 spiro atoms. The van der Waals surface area contributed by atoms with Crippen molar-refractivity contribution >= 4 is 52.5 Å². The van der Waals surface area contributed by atoms with Crippen LogP contribution < -0.4 is 10.1 Å². The van der Waals surface area contributed by atoms with Crippen LogP contribution in [0.4, 0.5) is 0 Å². The Balaban J connectivity index is 2.21. The van der Waals surface area contributed by atoms with Crippen LogP contribution >= 0.6 is 46.6 Å². The molecule has 1 aromatic carbocycles. The molecule has 1 N–H and O–H groups in total. The van der Waals surface area contributed by atoms with E-state index >= 15 is 0 Å². The van der Waals surface area contributed by atoms with Crippen molar-refractivity contribution in [3.05, 3.63) is 47.7 Å². The third kappa shape index (κ3) is 6.50. The van der Waals surface area contributed by atoms with Crippen molar-refractivity contribution in [1.82, 2.24) is 15.3 Å². The van der Waals surface area contributed by atoms with Crippen LogP contribution in [0.15, 0.2) is 41.6 Å². The lowest BCUT2D eigenvalue weighted by Gasteiger charge is -2.26. The summed E-state index contributed by atoms with van der Waals surface area (Å²) in [7, 11) is 0. The second-order valence-corrected chi connectivity index (χ2v) is 9.59. The molecule has 5 nitrogen and oxygen atoms in total. The number of alkyl halides is 3. The van der Waals surface area contributed by atoms with Crippen molar-refractivity contribution in [3.63, 3.8) is 0 Å². The minimum atomic E-state index is -1.89. The molecule has 9 heteroatoms. The summed E-state index contributed by atoms with van der Waals surface area (Å²) in [5, 5.41) is 3.42. The summed E-state index contributed by atoms with van der Waals surface area (Å²) in [6.07, 6.45) is -1.23. The Hall–Kier alpha value is -1.21. The van der Waals surface area contributed by atoms with Gasteiger partial charge in [0.25, 0.3) is 5.91 Å². The molecule has 0 aliphatic carbocycles. The minimum absolute atomic E-state index is 0.213. The molecule has 2 rings (SSSR count). The molecule has 0 aliphatic rings. The summed E-state index contributed by atoms with van der Waals surface area (Å²) in [4.78, 5) is 21.0. The highest BCUT2D eigenvalue weighted by Crippen LogP contribution is 2.32. The lowest BCUT2D eigenvalue weighted by atomic mass is 10.2. The van der Waals surface area contributed by atoms with Gasteiger partial charge in [0.05, 0.1) is 0 Å². The maximum absolute atomic E-state index is 12.4. The summed E-state index contributed by atoms with van der Waals surface area (Å²) < 4.78 is 3.79. The Bertz CT molecular complexity index is 755. The number of halogens is 3. The summed E-state index contributed by atoms with van der Waals surface area (Å²) >= 11 is 19.4. The predicted octanol–water partition coefficient (Wildman–Crippen LogP) is 4.79. The smallest absolute Gasteiger partial charge is 0.254 e. The van der Waals surface area contributed by atoms with Crippen LogP contribution in [0, 0.1) is 6.92 Å². The molecule has 140 valence electrons. The lowest BCUT2D eigenvalue weighted by Crippen LogP contribution is -2.48. The Kier molecular flexibility index (Phi) is 7.41. The molecule has 0 saturated carbocycles. The number of carbonyl (C=O) groups is 1. The van der Waals surface area contributed by atoms with Gasteiger partial charge in [-0.2, -0.15) is 4.98 Å². The average molecular weight is 435 g/mol. The molecule has 0 fully saturated rings. The van der Waals surface area contributed by atoms with E-state index in [1.165, 1.54) is 11.8 Å². The maximum atomic E-state index is 12.4. The number of hydrogen-bond acceptors (Lipinski definition) is 5. The van der Waals surface area contributed by atoms with Crippen LogP contribution in [-0.2, 0) is 0 Å². The van der Waals surface area contributed by atoms with E-state index < -0.39 is 15.9 Å². The van der Waals surface area contributed by atoms with Crippen molar-refractivity contribution < 1.29 is 9.53 Å². The molecule has 1 unspecified atom stereocenters. The highest BCUT2D eigenvalue weighted by molar-refractivity contribution is 7.99. The molecule has 1 amide bonds. The first-order chi connectivity index (χ1) is 12.1. The monoisotopic (exact) mass is 433 g/mol. The molecule has 26 heavy (non-hydrogen) atoms. The van der Waals surface area contributed by atoms with Gasteiger partial charge in [0.15, 0.2) is 5.16 Å². The number of nitrogens with one attached hydrogen (secondary N) is 1. The molecule has 1 heterocycles. The number of aryl methyl sites for hydroxylation is 1. The normalized spacial score (nSPS) is 12.7. The van der Waals surface area contributed by atoms with Crippen LogP contribution in [0.1, 0.15) is 29.9 Å². The van der Waals surface area contributed by atoms with Gasteiger partial charge in [-0.3, -0.25) is 4.79 Å².